The summed E-state index contributed by atoms with van der Waals surface area (Å²) in [5.41, 5.74) is 0.878. The van der Waals surface area contributed by atoms with Crippen LogP contribution in [0, 0.1) is 0 Å². The van der Waals surface area contributed by atoms with Crippen LogP contribution in [-0.4, -0.2) is 73.2 Å². The SMILES string of the molecule is O=CCCCN1CCN(C(=O)c2ccc(Cl)c(N3CCC(=O)NC3=O)c2)CC1. The lowest BCUT2D eigenvalue weighted by molar-refractivity contribution is -0.120. The molecule has 2 fully saturated rings. The summed E-state index contributed by atoms with van der Waals surface area (Å²) >= 11 is 6.24. The van der Waals surface area contributed by atoms with E-state index >= 15 is 0 Å². The Hall–Kier alpha value is -2.45. The lowest BCUT2D eigenvalue weighted by atomic mass is 10.1. The molecule has 2 aliphatic heterocycles. The first kappa shape index (κ1) is 20.3. The van der Waals surface area contributed by atoms with E-state index < -0.39 is 6.03 Å². The van der Waals surface area contributed by atoms with Gasteiger partial charge in [-0.2, -0.15) is 0 Å². The molecule has 2 heterocycles. The van der Waals surface area contributed by atoms with Gasteiger partial charge in [-0.25, -0.2) is 4.79 Å². The first-order valence-electron chi connectivity index (χ1n) is 9.36. The third kappa shape index (κ3) is 4.69. The lowest BCUT2D eigenvalue weighted by Gasteiger charge is -2.35. The topological polar surface area (TPSA) is 90.0 Å². The number of carbonyl (C=O) groups excluding carboxylic acids is 4. The number of imide groups is 1. The maximum atomic E-state index is 12.9. The number of nitrogens with one attached hydrogen (secondary N) is 1. The number of benzene rings is 1. The van der Waals surface area contributed by atoms with E-state index in [-0.39, 0.29) is 24.8 Å². The Labute approximate surface area is 168 Å². The maximum absolute atomic E-state index is 12.9. The van der Waals surface area contributed by atoms with Crippen molar-refractivity contribution in [2.45, 2.75) is 19.3 Å². The highest BCUT2D eigenvalue weighted by Crippen LogP contribution is 2.29. The van der Waals surface area contributed by atoms with Crippen molar-refractivity contribution in [2.75, 3.05) is 44.2 Å². The number of rotatable bonds is 6. The number of carbonyl (C=O) groups is 4. The van der Waals surface area contributed by atoms with E-state index in [2.05, 4.69) is 10.2 Å². The van der Waals surface area contributed by atoms with Crippen LogP contribution in [0.4, 0.5) is 10.5 Å². The van der Waals surface area contributed by atoms with Crippen molar-refractivity contribution in [3.63, 3.8) is 0 Å². The highest BCUT2D eigenvalue weighted by Gasteiger charge is 2.28. The molecule has 0 bridgehead atoms. The van der Waals surface area contributed by atoms with Gasteiger partial charge in [0.25, 0.3) is 5.91 Å². The Kier molecular flexibility index (Phi) is 6.64. The van der Waals surface area contributed by atoms with Crippen LogP contribution in [0.15, 0.2) is 18.2 Å². The summed E-state index contributed by atoms with van der Waals surface area (Å²) in [5, 5.41) is 2.61. The second-order valence-electron chi connectivity index (χ2n) is 6.86. The van der Waals surface area contributed by atoms with Gasteiger partial charge in [0.1, 0.15) is 6.29 Å². The highest BCUT2D eigenvalue weighted by molar-refractivity contribution is 6.34. The fourth-order valence-electron chi connectivity index (χ4n) is 3.40. The van der Waals surface area contributed by atoms with Gasteiger partial charge in [0.2, 0.25) is 5.91 Å². The van der Waals surface area contributed by atoms with Gasteiger partial charge in [-0.05, 0) is 31.2 Å². The van der Waals surface area contributed by atoms with E-state index in [1.54, 1.807) is 23.1 Å². The van der Waals surface area contributed by atoms with Crippen LogP contribution >= 0.6 is 11.6 Å². The molecule has 9 heteroatoms. The molecule has 150 valence electrons. The van der Waals surface area contributed by atoms with Gasteiger partial charge in [-0.1, -0.05) is 11.6 Å². The molecule has 0 radical (unpaired) electrons. The molecule has 0 atom stereocenters. The van der Waals surface area contributed by atoms with Crippen molar-refractivity contribution in [3.8, 4) is 0 Å². The molecule has 28 heavy (non-hydrogen) atoms. The van der Waals surface area contributed by atoms with Crippen molar-refractivity contribution >= 4 is 41.4 Å². The number of nitrogens with zero attached hydrogens (tertiary/aromatic N) is 3. The summed E-state index contributed by atoms with van der Waals surface area (Å²) in [7, 11) is 0. The molecule has 0 aliphatic carbocycles. The van der Waals surface area contributed by atoms with Crippen LogP contribution in [-0.2, 0) is 9.59 Å². The second-order valence-corrected chi connectivity index (χ2v) is 7.27. The van der Waals surface area contributed by atoms with Crippen LogP contribution in [0.2, 0.25) is 5.02 Å². The Morgan fingerprint density at radius 1 is 1.14 bits per heavy atom. The molecule has 0 saturated carbocycles. The van der Waals surface area contributed by atoms with Gasteiger partial charge in [0, 0.05) is 51.1 Å². The van der Waals surface area contributed by atoms with Gasteiger partial charge in [0.05, 0.1) is 10.7 Å². The Bertz CT molecular complexity index is 777. The largest absolute Gasteiger partial charge is 0.336 e. The Morgan fingerprint density at radius 3 is 2.57 bits per heavy atom. The molecule has 0 aromatic heterocycles. The van der Waals surface area contributed by atoms with E-state index in [0.717, 1.165) is 32.3 Å². The molecule has 0 spiro atoms. The minimum Gasteiger partial charge on any atom is -0.336 e. The molecular weight excluding hydrogens is 384 g/mol. The summed E-state index contributed by atoms with van der Waals surface area (Å²) in [6, 6.07) is 4.32. The van der Waals surface area contributed by atoms with Crippen molar-refractivity contribution in [1.82, 2.24) is 15.1 Å². The molecule has 1 aromatic carbocycles. The predicted octanol–water partition coefficient (Wildman–Crippen LogP) is 1.52. The third-order valence-electron chi connectivity index (χ3n) is 4.99. The number of urea groups is 1. The number of halogens is 1. The van der Waals surface area contributed by atoms with Crippen LogP contribution < -0.4 is 10.2 Å². The van der Waals surface area contributed by atoms with E-state index in [1.165, 1.54) is 4.90 Å². The quantitative estimate of drug-likeness (QED) is 0.571. The Balaban J connectivity index is 1.66. The average molecular weight is 407 g/mol. The minimum absolute atomic E-state index is 0.112. The molecule has 1 N–H and O–H groups in total. The van der Waals surface area contributed by atoms with E-state index in [4.69, 9.17) is 11.6 Å². The van der Waals surface area contributed by atoms with Gasteiger partial charge in [-0.3, -0.25) is 24.7 Å². The number of amides is 4. The van der Waals surface area contributed by atoms with Crippen LogP contribution in [0.3, 0.4) is 0 Å². The summed E-state index contributed by atoms with van der Waals surface area (Å²) < 4.78 is 0. The van der Waals surface area contributed by atoms with Crippen LogP contribution in [0.5, 0.6) is 0 Å². The zero-order valence-electron chi connectivity index (χ0n) is 15.5. The fraction of sp³-hybridized carbons (Fsp3) is 0.474. The van der Waals surface area contributed by atoms with Crippen molar-refractivity contribution in [1.29, 1.82) is 0 Å². The zero-order valence-corrected chi connectivity index (χ0v) is 16.3. The smallest absolute Gasteiger partial charge is 0.328 e. The lowest BCUT2D eigenvalue weighted by Crippen LogP contribution is -2.50. The van der Waals surface area contributed by atoms with Crippen LogP contribution in [0.1, 0.15) is 29.6 Å². The number of piperazine rings is 1. The predicted molar refractivity (Wildman–Crippen MR) is 105 cm³/mol. The van der Waals surface area contributed by atoms with Crippen LogP contribution in [0.25, 0.3) is 0 Å². The molecule has 0 unspecified atom stereocenters. The number of anilines is 1. The monoisotopic (exact) mass is 406 g/mol. The highest BCUT2D eigenvalue weighted by atomic mass is 35.5. The van der Waals surface area contributed by atoms with E-state index in [1.807, 2.05) is 0 Å². The minimum atomic E-state index is -0.535. The molecular formula is C19H23ClN4O4. The van der Waals surface area contributed by atoms with E-state index in [9.17, 15) is 19.2 Å². The molecule has 1 aromatic rings. The molecule has 4 amide bonds. The number of unbranched alkanes of at least 4 members (excludes halogenated alkanes) is 1. The molecule has 2 aliphatic rings. The normalized spacial score (nSPS) is 18.2. The van der Waals surface area contributed by atoms with Gasteiger partial charge in [-0.15, -0.1) is 0 Å². The summed E-state index contributed by atoms with van der Waals surface area (Å²) in [5.74, 6) is -0.436. The van der Waals surface area contributed by atoms with E-state index in [0.29, 0.717) is 35.8 Å². The maximum Gasteiger partial charge on any atom is 0.328 e. The molecule has 3 rings (SSSR count). The number of aldehydes is 1. The second kappa shape index (κ2) is 9.16. The molecule has 2 saturated heterocycles. The average Bonchev–Trinajstić information content (AvgIpc) is 2.69. The Morgan fingerprint density at radius 2 is 1.89 bits per heavy atom. The number of hydrogen-bond donors (Lipinski definition) is 1. The van der Waals surface area contributed by atoms with Gasteiger partial charge < -0.3 is 9.69 Å². The van der Waals surface area contributed by atoms with Crippen molar-refractivity contribution in [2.24, 2.45) is 0 Å². The summed E-state index contributed by atoms with van der Waals surface area (Å²) in [4.78, 5) is 52.2. The van der Waals surface area contributed by atoms with Gasteiger partial charge in [0.15, 0.2) is 0 Å². The fourth-order valence-corrected chi connectivity index (χ4v) is 3.62. The first-order valence-corrected chi connectivity index (χ1v) is 9.73. The first-order chi connectivity index (χ1) is 13.5. The van der Waals surface area contributed by atoms with Gasteiger partial charge >= 0.3 is 6.03 Å². The zero-order chi connectivity index (χ0) is 20.1. The summed E-state index contributed by atoms with van der Waals surface area (Å²) in [6.45, 7) is 3.83. The van der Waals surface area contributed by atoms with Crippen molar-refractivity contribution < 1.29 is 19.2 Å². The molecule has 8 nitrogen and oxygen atoms in total. The van der Waals surface area contributed by atoms with Crippen molar-refractivity contribution in [3.05, 3.63) is 28.8 Å². The standard InChI is InChI=1S/C19H23ClN4O4/c20-15-4-3-14(13-16(15)24-7-5-17(26)21-19(24)28)18(27)23-10-8-22(9-11-23)6-1-2-12-25/h3-4,12-13H,1-2,5-11H2,(H,21,26,28). The summed E-state index contributed by atoms with van der Waals surface area (Å²) in [6.07, 6.45) is 2.50. The third-order valence-corrected chi connectivity index (χ3v) is 5.31. The number of hydrogen-bond acceptors (Lipinski definition) is 5.